The summed E-state index contributed by atoms with van der Waals surface area (Å²) in [4.78, 5) is 23.7. The SMILES string of the molecule is Cc1ccc2c(CNC(=O)C(C)(C)C)cc(=O)oc2c1C. The molecule has 0 aliphatic carbocycles. The van der Waals surface area contributed by atoms with Crippen LogP contribution >= 0.6 is 0 Å². The van der Waals surface area contributed by atoms with Crippen molar-refractivity contribution in [3.8, 4) is 0 Å². The maximum Gasteiger partial charge on any atom is 0.336 e. The molecule has 4 heteroatoms. The van der Waals surface area contributed by atoms with Crippen molar-refractivity contribution in [1.29, 1.82) is 0 Å². The van der Waals surface area contributed by atoms with Crippen LogP contribution in [0, 0.1) is 19.3 Å². The Morgan fingerprint density at radius 1 is 1.24 bits per heavy atom. The van der Waals surface area contributed by atoms with E-state index in [4.69, 9.17) is 4.42 Å². The van der Waals surface area contributed by atoms with E-state index in [-0.39, 0.29) is 5.91 Å². The molecule has 1 aromatic heterocycles. The number of benzene rings is 1. The van der Waals surface area contributed by atoms with Crippen LogP contribution in [0.3, 0.4) is 0 Å². The van der Waals surface area contributed by atoms with Crippen molar-refractivity contribution in [2.24, 2.45) is 5.41 Å². The summed E-state index contributed by atoms with van der Waals surface area (Å²) in [5.74, 6) is -0.0484. The highest BCUT2D eigenvalue weighted by atomic mass is 16.4. The molecule has 2 aromatic rings. The lowest BCUT2D eigenvalue weighted by molar-refractivity contribution is -0.128. The van der Waals surface area contributed by atoms with E-state index in [2.05, 4.69) is 5.32 Å². The lowest BCUT2D eigenvalue weighted by atomic mass is 9.95. The summed E-state index contributed by atoms with van der Waals surface area (Å²) < 4.78 is 5.32. The molecule has 0 spiro atoms. The molecule has 0 atom stereocenters. The Morgan fingerprint density at radius 2 is 1.90 bits per heavy atom. The number of rotatable bonds is 2. The van der Waals surface area contributed by atoms with Crippen LogP contribution in [-0.4, -0.2) is 5.91 Å². The number of amides is 1. The van der Waals surface area contributed by atoms with E-state index in [0.717, 1.165) is 22.1 Å². The van der Waals surface area contributed by atoms with E-state index < -0.39 is 11.0 Å². The van der Waals surface area contributed by atoms with Gasteiger partial charge in [0, 0.05) is 23.4 Å². The molecule has 0 unspecified atom stereocenters. The molecule has 21 heavy (non-hydrogen) atoms. The Bertz CT molecular complexity index is 751. The molecule has 0 bridgehead atoms. The number of nitrogens with one attached hydrogen (secondary N) is 1. The average molecular weight is 287 g/mol. The van der Waals surface area contributed by atoms with E-state index in [9.17, 15) is 9.59 Å². The first kappa shape index (κ1) is 15.3. The molecular weight excluding hydrogens is 266 g/mol. The predicted molar refractivity (Wildman–Crippen MR) is 83.3 cm³/mol. The Hall–Kier alpha value is -2.10. The zero-order chi connectivity index (χ0) is 15.8. The fourth-order valence-electron chi connectivity index (χ4n) is 2.11. The predicted octanol–water partition coefficient (Wildman–Crippen LogP) is 3.07. The highest BCUT2D eigenvalue weighted by Gasteiger charge is 2.21. The van der Waals surface area contributed by atoms with Crippen molar-refractivity contribution in [3.63, 3.8) is 0 Å². The van der Waals surface area contributed by atoms with Crippen molar-refractivity contribution in [1.82, 2.24) is 5.32 Å². The topological polar surface area (TPSA) is 59.3 Å². The second-order valence-corrected chi connectivity index (χ2v) is 6.41. The highest BCUT2D eigenvalue weighted by Crippen LogP contribution is 2.23. The third kappa shape index (κ3) is 3.15. The molecular formula is C17H21NO3. The molecule has 4 nitrogen and oxygen atoms in total. The van der Waals surface area contributed by atoms with Crippen LogP contribution in [-0.2, 0) is 11.3 Å². The summed E-state index contributed by atoms with van der Waals surface area (Å²) in [6.45, 7) is 9.79. The first-order valence-corrected chi connectivity index (χ1v) is 7.01. The third-order valence-electron chi connectivity index (χ3n) is 3.64. The summed E-state index contributed by atoms with van der Waals surface area (Å²) in [5.41, 5.74) is 2.55. The highest BCUT2D eigenvalue weighted by molar-refractivity contribution is 5.85. The summed E-state index contributed by atoms with van der Waals surface area (Å²) in [6, 6.07) is 5.37. The molecule has 0 fully saturated rings. The van der Waals surface area contributed by atoms with Crippen LogP contribution in [0.5, 0.6) is 0 Å². The average Bonchev–Trinajstić information content (AvgIpc) is 2.39. The van der Waals surface area contributed by atoms with Crippen LogP contribution in [0.15, 0.2) is 27.4 Å². The van der Waals surface area contributed by atoms with Crippen LogP contribution < -0.4 is 10.9 Å². The zero-order valence-corrected chi connectivity index (χ0v) is 13.2. The first-order chi connectivity index (χ1) is 9.70. The van der Waals surface area contributed by atoms with E-state index >= 15 is 0 Å². The van der Waals surface area contributed by atoms with Gasteiger partial charge in [-0.1, -0.05) is 32.9 Å². The number of carbonyl (C=O) groups is 1. The van der Waals surface area contributed by atoms with Gasteiger partial charge in [-0.25, -0.2) is 4.79 Å². The molecule has 0 saturated heterocycles. The summed E-state index contributed by atoms with van der Waals surface area (Å²) in [7, 11) is 0. The van der Waals surface area contributed by atoms with Gasteiger partial charge in [0.2, 0.25) is 5.91 Å². The molecule has 0 radical (unpaired) electrons. The quantitative estimate of drug-likeness (QED) is 0.864. The van der Waals surface area contributed by atoms with Crippen LogP contribution in [0.1, 0.15) is 37.5 Å². The van der Waals surface area contributed by atoms with Crippen LogP contribution in [0.4, 0.5) is 0 Å². The van der Waals surface area contributed by atoms with Crippen molar-refractivity contribution in [3.05, 3.63) is 45.3 Å². The van der Waals surface area contributed by atoms with Gasteiger partial charge in [0.05, 0.1) is 0 Å². The monoisotopic (exact) mass is 287 g/mol. The Morgan fingerprint density at radius 3 is 2.52 bits per heavy atom. The van der Waals surface area contributed by atoms with Gasteiger partial charge in [0.1, 0.15) is 5.58 Å². The van der Waals surface area contributed by atoms with E-state index in [0.29, 0.717) is 12.1 Å². The molecule has 0 aliphatic heterocycles. The standard InChI is InChI=1S/C17H21NO3/c1-10-6-7-13-12(9-18-16(20)17(3,4)5)8-14(19)21-15(13)11(10)2/h6-8H,9H2,1-5H3,(H,18,20). The minimum absolute atomic E-state index is 0.0484. The second-order valence-electron chi connectivity index (χ2n) is 6.41. The summed E-state index contributed by atoms with van der Waals surface area (Å²) >= 11 is 0. The molecule has 0 aliphatic rings. The molecule has 1 amide bonds. The van der Waals surface area contributed by atoms with Gasteiger partial charge < -0.3 is 9.73 Å². The number of hydrogen-bond donors (Lipinski definition) is 1. The number of aryl methyl sites for hydroxylation is 2. The van der Waals surface area contributed by atoms with Gasteiger partial charge in [-0.15, -0.1) is 0 Å². The molecule has 112 valence electrons. The van der Waals surface area contributed by atoms with Crippen molar-refractivity contribution < 1.29 is 9.21 Å². The van der Waals surface area contributed by atoms with E-state index in [1.807, 2.05) is 46.8 Å². The fraction of sp³-hybridized carbons (Fsp3) is 0.412. The van der Waals surface area contributed by atoms with Gasteiger partial charge in [-0.3, -0.25) is 4.79 Å². The lowest BCUT2D eigenvalue weighted by Crippen LogP contribution is -2.34. The van der Waals surface area contributed by atoms with Gasteiger partial charge in [0.25, 0.3) is 0 Å². The maximum absolute atomic E-state index is 12.0. The number of carbonyl (C=O) groups excluding carboxylic acids is 1. The zero-order valence-electron chi connectivity index (χ0n) is 13.2. The first-order valence-electron chi connectivity index (χ1n) is 7.01. The molecule has 1 aromatic carbocycles. The number of fused-ring (bicyclic) bond motifs is 1. The van der Waals surface area contributed by atoms with Gasteiger partial charge in [-0.05, 0) is 30.5 Å². The Balaban J connectivity index is 2.43. The Labute approximate surface area is 124 Å². The van der Waals surface area contributed by atoms with Crippen LogP contribution in [0.2, 0.25) is 0 Å². The molecule has 1 heterocycles. The molecule has 1 N–H and O–H groups in total. The fourth-order valence-corrected chi connectivity index (χ4v) is 2.11. The maximum atomic E-state index is 12.0. The minimum Gasteiger partial charge on any atom is -0.422 e. The third-order valence-corrected chi connectivity index (χ3v) is 3.64. The van der Waals surface area contributed by atoms with E-state index in [1.165, 1.54) is 6.07 Å². The normalized spacial score (nSPS) is 11.7. The second kappa shape index (κ2) is 5.35. The van der Waals surface area contributed by atoms with Crippen molar-refractivity contribution in [2.75, 3.05) is 0 Å². The van der Waals surface area contributed by atoms with E-state index in [1.54, 1.807) is 0 Å². The van der Waals surface area contributed by atoms with Gasteiger partial charge in [0.15, 0.2) is 0 Å². The molecule has 2 rings (SSSR count). The largest absolute Gasteiger partial charge is 0.422 e. The van der Waals surface area contributed by atoms with Crippen LogP contribution in [0.25, 0.3) is 11.0 Å². The summed E-state index contributed by atoms with van der Waals surface area (Å²) in [5, 5.41) is 3.74. The minimum atomic E-state index is -0.457. The van der Waals surface area contributed by atoms with Gasteiger partial charge in [-0.2, -0.15) is 0 Å². The smallest absolute Gasteiger partial charge is 0.336 e. The number of hydrogen-bond acceptors (Lipinski definition) is 3. The van der Waals surface area contributed by atoms with Crippen molar-refractivity contribution >= 4 is 16.9 Å². The Kier molecular flexibility index (Phi) is 3.90. The van der Waals surface area contributed by atoms with Gasteiger partial charge >= 0.3 is 5.63 Å². The summed E-state index contributed by atoms with van der Waals surface area (Å²) in [6.07, 6.45) is 0. The lowest BCUT2D eigenvalue weighted by Gasteiger charge is -2.18. The van der Waals surface area contributed by atoms with Crippen molar-refractivity contribution in [2.45, 2.75) is 41.2 Å². The molecule has 0 saturated carbocycles.